The van der Waals surface area contributed by atoms with E-state index in [0.29, 0.717) is 36.4 Å². The van der Waals surface area contributed by atoms with Crippen LogP contribution in [0.4, 0.5) is 13.2 Å². The highest BCUT2D eigenvalue weighted by Crippen LogP contribution is 2.41. The molecule has 0 bridgehead atoms. The van der Waals surface area contributed by atoms with Gasteiger partial charge in [0.1, 0.15) is 0 Å². The summed E-state index contributed by atoms with van der Waals surface area (Å²) in [5.74, 6) is -0.617. The fourth-order valence-corrected chi connectivity index (χ4v) is 2.43. The lowest BCUT2D eigenvalue weighted by atomic mass is 9.80. The molecule has 0 aromatic rings. The third-order valence-electron chi connectivity index (χ3n) is 2.88. The molecule has 0 heterocycles. The molecule has 0 amide bonds. The van der Waals surface area contributed by atoms with E-state index in [1.807, 2.05) is 6.92 Å². The minimum Gasteiger partial charge on any atom is -0.171 e. The van der Waals surface area contributed by atoms with Crippen molar-refractivity contribution >= 4 is 15.9 Å². The molecule has 1 saturated carbocycles. The smallest absolute Gasteiger partial charge is 0.171 e. The van der Waals surface area contributed by atoms with E-state index in [1.54, 1.807) is 0 Å². The second kappa shape index (κ2) is 4.20. The van der Waals surface area contributed by atoms with Gasteiger partial charge in [-0.25, -0.2) is 0 Å². The van der Waals surface area contributed by atoms with Crippen molar-refractivity contribution in [2.75, 3.05) is 0 Å². The van der Waals surface area contributed by atoms with Crippen LogP contribution in [-0.2, 0) is 0 Å². The van der Waals surface area contributed by atoms with Crippen LogP contribution in [0.25, 0.3) is 0 Å². The Morgan fingerprint density at radius 2 is 1.62 bits per heavy atom. The predicted molar refractivity (Wildman–Crippen MR) is 49.9 cm³/mol. The van der Waals surface area contributed by atoms with E-state index in [9.17, 15) is 13.2 Å². The van der Waals surface area contributed by atoms with Crippen LogP contribution in [0.15, 0.2) is 0 Å². The van der Waals surface area contributed by atoms with Gasteiger partial charge in [0, 0.05) is 4.83 Å². The predicted octanol–water partition coefficient (Wildman–Crippen LogP) is 4.14. The summed E-state index contributed by atoms with van der Waals surface area (Å²) >= 11 is 3.43. The lowest BCUT2D eigenvalue weighted by Gasteiger charge is -2.31. The molecule has 1 atom stereocenters. The highest BCUT2D eigenvalue weighted by molar-refractivity contribution is 9.09. The summed E-state index contributed by atoms with van der Waals surface area (Å²) in [4.78, 5) is 0.349. The molecule has 0 nitrogen and oxygen atoms in total. The van der Waals surface area contributed by atoms with Gasteiger partial charge in [-0.15, -0.1) is 0 Å². The first-order valence-electron chi connectivity index (χ1n) is 4.62. The van der Waals surface area contributed by atoms with Gasteiger partial charge in [-0.1, -0.05) is 22.9 Å². The van der Waals surface area contributed by atoms with Crippen molar-refractivity contribution < 1.29 is 13.2 Å². The maximum absolute atomic E-state index is 12.3. The Hall–Kier alpha value is 0.270. The zero-order valence-electron chi connectivity index (χ0n) is 7.57. The van der Waals surface area contributed by atoms with Gasteiger partial charge < -0.3 is 0 Å². The maximum atomic E-state index is 12.3. The van der Waals surface area contributed by atoms with Gasteiger partial charge in [-0.05, 0) is 31.6 Å². The Labute approximate surface area is 85.0 Å². The van der Waals surface area contributed by atoms with E-state index in [-0.39, 0.29) is 0 Å². The Morgan fingerprint density at radius 1 is 1.15 bits per heavy atom. The van der Waals surface area contributed by atoms with Crippen molar-refractivity contribution in [2.24, 2.45) is 11.8 Å². The van der Waals surface area contributed by atoms with Gasteiger partial charge in [0.2, 0.25) is 0 Å². The molecule has 0 aromatic heterocycles. The number of halogens is 4. The Kier molecular flexibility index (Phi) is 3.66. The third kappa shape index (κ3) is 3.15. The molecule has 0 radical (unpaired) electrons. The van der Waals surface area contributed by atoms with Crippen LogP contribution in [0.2, 0.25) is 0 Å². The lowest BCUT2D eigenvalue weighted by molar-refractivity contribution is -0.183. The monoisotopic (exact) mass is 258 g/mol. The van der Waals surface area contributed by atoms with Gasteiger partial charge >= 0.3 is 6.18 Å². The quantitative estimate of drug-likeness (QED) is 0.621. The van der Waals surface area contributed by atoms with Crippen molar-refractivity contribution in [3.8, 4) is 0 Å². The Morgan fingerprint density at radius 3 is 1.92 bits per heavy atom. The van der Waals surface area contributed by atoms with Crippen molar-refractivity contribution in [3.63, 3.8) is 0 Å². The van der Waals surface area contributed by atoms with Crippen molar-refractivity contribution in [3.05, 3.63) is 0 Å². The molecule has 1 rings (SSSR count). The van der Waals surface area contributed by atoms with Crippen molar-refractivity contribution in [2.45, 2.75) is 43.6 Å². The van der Waals surface area contributed by atoms with Gasteiger partial charge in [-0.3, -0.25) is 0 Å². The number of hydrogen-bond donors (Lipinski definition) is 0. The Balaban J connectivity index is 2.39. The van der Waals surface area contributed by atoms with Crippen LogP contribution in [-0.4, -0.2) is 11.0 Å². The SMILES string of the molecule is CC(Br)C1CCC(C(F)(F)F)CC1. The minimum absolute atomic E-state index is 0.310. The molecule has 78 valence electrons. The fourth-order valence-electron chi connectivity index (χ4n) is 1.91. The van der Waals surface area contributed by atoms with E-state index < -0.39 is 12.1 Å². The second-order valence-electron chi connectivity index (χ2n) is 3.83. The number of alkyl halides is 4. The molecular formula is C9H14BrF3. The molecule has 0 aliphatic heterocycles. The molecule has 0 saturated heterocycles. The van der Waals surface area contributed by atoms with Crippen LogP contribution in [0.5, 0.6) is 0 Å². The molecule has 13 heavy (non-hydrogen) atoms. The Bertz CT molecular complexity index is 157. The van der Waals surface area contributed by atoms with Crippen LogP contribution < -0.4 is 0 Å². The zero-order chi connectivity index (χ0) is 10.1. The van der Waals surface area contributed by atoms with Gasteiger partial charge in [0.25, 0.3) is 0 Å². The molecular weight excluding hydrogens is 245 g/mol. The highest BCUT2D eigenvalue weighted by atomic mass is 79.9. The summed E-state index contributed by atoms with van der Waals surface area (Å²) in [6, 6.07) is 0. The topological polar surface area (TPSA) is 0 Å². The van der Waals surface area contributed by atoms with E-state index in [1.165, 1.54) is 0 Å². The molecule has 1 aliphatic carbocycles. The molecule has 0 spiro atoms. The summed E-state index contributed by atoms with van der Waals surface area (Å²) in [6.07, 6.45) is -1.94. The van der Waals surface area contributed by atoms with Crippen molar-refractivity contribution in [1.82, 2.24) is 0 Å². The molecule has 1 unspecified atom stereocenters. The zero-order valence-corrected chi connectivity index (χ0v) is 9.16. The first-order valence-corrected chi connectivity index (χ1v) is 5.53. The average molecular weight is 259 g/mol. The van der Waals surface area contributed by atoms with E-state index in [2.05, 4.69) is 15.9 Å². The van der Waals surface area contributed by atoms with E-state index in [4.69, 9.17) is 0 Å². The summed E-state index contributed by atoms with van der Waals surface area (Å²) in [6.45, 7) is 2.01. The fraction of sp³-hybridized carbons (Fsp3) is 1.00. The van der Waals surface area contributed by atoms with E-state index >= 15 is 0 Å². The van der Waals surface area contributed by atoms with Crippen LogP contribution in [0.1, 0.15) is 32.6 Å². The maximum Gasteiger partial charge on any atom is 0.391 e. The summed E-state index contributed by atoms with van der Waals surface area (Å²) in [5.41, 5.74) is 0. The van der Waals surface area contributed by atoms with Crippen LogP contribution >= 0.6 is 15.9 Å². The molecule has 0 N–H and O–H groups in total. The first-order chi connectivity index (χ1) is 5.91. The molecule has 1 fully saturated rings. The summed E-state index contributed by atoms with van der Waals surface area (Å²) < 4.78 is 36.8. The molecule has 0 aromatic carbocycles. The average Bonchev–Trinajstić information content (AvgIpc) is 2.03. The second-order valence-corrected chi connectivity index (χ2v) is 5.28. The summed E-state index contributed by atoms with van der Waals surface area (Å²) in [5, 5.41) is 0. The molecule has 4 heteroatoms. The first kappa shape index (κ1) is 11.3. The lowest BCUT2D eigenvalue weighted by Crippen LogP contribution is -2.29. The highest BCUT2D eigenvalue weighted by Gasteiger charge is 2.41. The summed E-state index contributed by atoms with van der Waals surface area (Å²) in [7, 11) is 0. The normalized spacial score (nSPS) is 33.0. The van der Waals surface area contributed by atoms with Crippen LogP contribution in [0, 0.1) is 11.8 Å². The van der Waals surface area contributed by atoms with E-state index in [0.717, 1.165) is 0 Å². The largest absolute Gasteiger partial charge is 0.391 e. The standard InChI is InChI=1S/C9H14BrF3/c1-6(10)7-2-4-8(5-3-7)9(11,12)13/h6-8H,2-5H2,1H3. The number of hydrogen-bond acceptors (Lipinski definition) is 0. The van der Waals surface area contributed by atoms with Crippen LogP contribution in [0.3, 0.4) is 0 Å². The van der Waals surface area contributed by atoms with Gasteiger partial charge in [-0.2, -0.15) is 13.2 Å². The van der Waals surface area contributed by atoms with Crippen molar-refractivity contribution in [1.29, 1.82) is 0 Å². The van der Waals surface area contributed by atoms with Gasteiger partial charge in [0.15, 0.2) is 0 Å². The van der Waals surface area contributed by atoms with Gasteiger partial charge in [0.05, 0.1) is 5.92 Å². The minimum atomic E-state index is -3.97. The third-order valence-corrected chi connectivity index (χ3v) is 3.63. The number of rotatable bonds is 1. The molecule has 1 aliphatic rings.